The molecule has 7 nitrogen and oxygen atoms in total. The van der Waals surface area contributed by atoms with Crippen LogP contribution in [-0.2, 0) is 25.7 Å². The molecule has 2 unspecified atom stereocenters. The lowest BCUT2D eigenvalue weighted by Crippen LogP contribution is -2.55. The van der Waals surface area contributed by atoms with E-state index in [2.05, 4.69) is 0 Å². The lowest BCUT2D eigenvalue weighted by atomic mass is 9.98. The van der Waals surface area contributed by atoms with Crippen molar-refractivity contribution in [2.45, 2.75) is 79.2 Å². The van der Waals surface area contributed by atoms with Gasteiger partial charge in [0.15, 0.2) is 0 Å². The van der Waals surface area contributed by atoms with Gasteiger partial charge in [-0.1, -0.05) is 58.0 Å². The monoisotopic (exact) mass is 448 g/mol. The van der Waals surface area contributed by atoms with Crippen LogP contribution in [0.25, 0.3) is 0 Å². The molecule has 32 heavy (non-hydrogen) atoms. The highest BCUT2D eigenvalue weighted by molar-refractivity contribution is 5.89. The van der Waals surface area contributed by atoms with Crippen LogP contribution in [0.3, 0.4) is 0 Å². The van der Waals surface area contributed by atoms with E-state index in [1.165, 1.54) is 9.80 Å². The minimum atomic E-state index is -0.770. The second kappa shape index (κ2) is 11.9. The number of benzene rings is 1. The second-order valence-corrected chi connectivity index (χ2v) is 9.97. The highest BCUT2D eigenvalue weighted by Gasteiger charge is 2.38. The second-order valence-electron chi connectivity index (χ2n) is 9.97. The lowest BCUT2D eigenvalue weighted by molar-refractivity contribution is -0.158. The Morgan fingerprint density at radius 3 is 1.97 bits per heavy atom. The van der Waals surface area contributed by atoms with E-state index < -0.39 is 29.7 Å². The van der Waals surface area contributed by atoms with Gasteiger partial charge in [0.05, 0.1) is 0 Å². The summed E-state index contributed by atoms with van der Waals surface area (Å²) >= 11 is 0. The van der Waals surface area contributed by atoms with Crippen LogP contribution in [0.4, 0.5) is 4.79 Å². The van der Waals surface area contributed by atoms with Gasteiger partial charge in [0.2, 0.25) is 5.91 Å². The fourth-order valence-electron chi connectivity index (χ4n) is 3.40. The maximum atomic E-state index is 13.5. The fourth-order valence-corrected chi connectivity index (χ4v) is 3.40. The molecule has 0 heterocycles. The van der Waals surface area contributed by atoms with Crippen molar-refractivity contribution in [1.29, 1.82) is 0 Å². The summed E-state index contributed by atoms with van der Waals surface area (Å²) in [5.41, 5.74) is 0.198. The van der Waals surface area contributed by atoms with Gasteiger partial charge in [-0.15, -0.1) is 0 Å². The van der Waals surface area contributed by atoms with Crippen molar-refractivity contribution in [3.63, 3.8) is 0 Å². The fraction of sp³-hybridized carbons (Fsp3) is 0.640. The molecule has 1 aromatic carbocycles. The lowest BCUT2D eigenvalue weighted by Gasteiger charge is -2.36. The molecule has 0 radical (unpaired) electrons. The van der Waals surface area contributed by atoms with Gasteiger partial charge in [0, 0.05) is 14.1 Å². The number of amides is 2. The topological polar surface area (TPSA) is 76.2 Å². The summed E-state index contributed by atoms with van der Waals surface area (Å²) < 4.78 is 11.0. The van der Waals surface area contributed by atoms with E-state index in [1.54, 1.807) is 34.9 Å². The number of esters is 1. The molecule has 0 fully saturated rings. The SMILES string of the molecule is CC(C)CC(C(=O)N(C)C(C(=O)OCc1ccccc1)C(C)C)N(C)C(=O)OC(C)(C)C. The quantitative estimate of drug-likeness (QED) is 0.520. The van der Waals surface area contributed by atoms with Crippen molar-refractivity contribution < 1.29 is 23.9 Å². The Bertz CT molecular complexity index is 755. The number of likely N-dealkylation sites (N-methyl/N-ethyl adjacent to an activating group) is 2. The molecule has 7 heteroatoms. The summed E-state index contributed by atoms with van der Waals surface area (Å²) in [4.78, 5) is 41.8. The van der Waals surface area contributed by atoms with E-state index in [4.69, 9.17) is 9.47 Å². The Hall–Kier alpha value is -2.57. The summed E-state index contributed by atoms with van der Waals surface area (Å²) in [7, 11) is 3.15. The zero-order valence-electron chi connectivity index (χ0n) is 21.0. The number of carbonyl (C=O) groups is 3. The van der Waals surface area contributed by atoms with Crippen LogP contribution >= 0.6 is 0 Å². The van der Waals surface area contributed by atoms with Gasteiger partial charge >= 0.3 is 12.1 Å². The van der Waals surface area contributed by atoms with Crippen molar-refractivity contribution >= 4 is 18.0 Å². The highest BCUT2D eigenvalue weighted by atomic mass is 16.6. The summed E-state index contributed by atoms with van der Waals surface area (Å²) in [6.45, 7) is 13.2. The first-order chi connectivity index (χ1) is 14.7. The molecule has 0 bridgehead atoms. The summed E-state index contributed by atoms with van der Waals surface area (Å²) in [6.07, 6.45) is -0.124. The number of nitrogens with zero attached hydrogens (tertiary/aromatic N) is 2. The summed E-state index contributed by atoms with van der Waals surface area (Å²) in [5.74, 6) is -0.797. The Morgan fingerprint density at radius 2 is 1.50 bits per heavy atom. The zero-order chi connectivity index (χ0) is 24.6. The van der Waals surface area contributed by atoms with Crippen molar-refractivity contribution in [3.05, 3.63) is 35.9 Å². The molecular formula is C25H40N2O5. The van der Waals surface area contributed by atoms with Gasteiger partial charge in [-0.2, -0.15) is 0 Å². The third-order valence-electron chi connectivity index (χ3n) is 4.99. The number of rotatable bonds is 9. The minimum Gasteiger partial charge on any atom is -0.459 e. The molecule has 1 rings (SSSR count). The first kappa shape index (κ1) is 27.5. The Morgan fingerprint density at radius 1 is 0.938 bits per heavy atom. The molecule has 2 atom stereocenters. The normalized spacial score (nSPS) is 13.5. The van der Waals surface area contributed by atoms with Gasteiger partial charge in [-0.3, -0.25) is 9.69 Å². The molecular weight excluding hydrogens is 408 g/mol. The molecule has 0 saturated heterocycles. The van der Waals surface area contributed by atoms with Crippen LogP contribution in [0.15, 0.2) is 30.3 Å². The predicted octanol–water partition coefficient (Wildman–Crippen LogP) is 4.49. The molecule has 0 aliphatic carbocycles. The van der Waals surface area contributed by atoms with Crippen molar-refractivity contribution in [2.24, 2.45) is 11.8 Å². The van der Waals surface area contributed by atoms with Crippen molar-refractivity contribution in [1.82, 2.24) is 9.80 Å². The average molecular weight is 449 g/mol. The smallest absolute Gasteiger partial charge is 0.410 e. The molecule has 180 valence electrons. The van der Waals surface area contributed by atoms with Crippen LogP contribution in [0.1, 0.15) is 60.5 Å². The van der Waals surface area contributed by atoms with Crippen molar-refractivity contribution in [2.75, 3.05) is 14.1 Å². The predicted molar refractivity (Wildman–Crippen MR) is 125 cm³/mol. The van der Waals surface area contributed by atoms with E-state index in [-0.39, 0.29) is 24.3 Å². The molecule has 0 aromatic heterocycles. The molecule has 0 spiro atoms. The van der Waals surface area contributed by atoms with Gasteiger partial charge < -0.3 is 14.4 Å². The number of hydrogen-bond donors (Lipinski definition) is 0. The zero-order valence-corrected chi connectivity index (χ0v) is 21.0. The minimum absolute atomic E-state index is 0.137. The van der Waals surface area contributed by atoms with E-state index in [9.17, 15) is 14.4 Å². The number of hydrogen-bond acceptors (Lipinski definition) is 5. The number of carbonyl (C=O) groups excluding carboxylic acids is 3. The summed E-state index contributed by atoms with van der Waals surface area (Å²) in [5, 5.41) is 0. The maximum Gasteiger partial charge on any atom is 0.410 e. The molecule has 2 amide bonds. The third kappa shape index (κ3) is 8.52. The van der Waals surface area contributed by atoms with Crippen LogP contribution in [-0.4, -0.2) is 59.5 Å². The first-order valence-electron chi connectivity index (χ1n) is 11.2. The van der Waals surface area contributed by atoms with Gasteiger partial charge in [0.25, 0.3) is 0 Å². The summed E-state index contributed by atoms with van der Waals surface area (Å²) in [6, 6.07) is 7.88. The maximum absolute atomic E-state index is 13.5. The van der Waals surface area contributed by atoms with Gasteiger partial charge in [-0.25, -0.2) is 9.59 Å². The molecule has 0 aliphatic rings. The van der Waals surface area contributed by atoms with E-state index in [0.29, 0.717) is 6.42 Å². The largest absolute Gasteiger partial charge is 0.459 e. The van der Waals surface area contributed by atoms with Crippen molar-refractivity contribution in [3.8, 4) is 0 Å². The van der Waals surface area contributed by atoms with Crippen LogP contribution in [0, 0.1) is 11.8 Å². The standard InChI is InChI=1S/C25H40N2O5/c1-17(2)15-20(26(8)24(30)32-25(5,6)7)22(28)27(9)21(18(3)4)23(29)31-16-19-13-11-10-12-14-19/h10-14,17-18,20-21H,15-16H2,1-9H3. The number of ether oxygens (including phenoxy) is 2. The molecule has 1 aromatic rings. The third-order valence-corrected chi connectivity index (χ3v) is 4.99. The Labute approximate surface area is 193 Å². The Balaban J connectivity index is 3.03. The van der Waals surface area contributed by atoms with Crippen LogP contribution in [0.2, 0.25) is 0 Å². The first-order valence-corrected chi connectivity index (χ1v) is 11.2. The van der Waals surface area contributed by atoms with E-state index in [1.807, 2.05) is 58.0 Å². The van der Waals surface area contributed by atoms with E-state index in [0.717, 1.165) is 5.56 Å². The Kier molecular flexibility index (Phi) is 10.2. The molecule has 0 N–H and O–H groups in total. The van der Waals surface area contributed by atoms with Crippen LogP contribution in [0.5, 0.6) is 0 Å². The molecule has 0 saturated carbocycles. The van der Waals surface area contributed by atoms with E-state index >= 15 is 0 Å². The average Bonchev–Trinajstić information content (AvgIpc) is 2.68. The molecule has 0 aliphatic heterocycles. The highest BCUT2D eigenvalue weighted by Crippen LogP contribution is 2.20. The van der Waals surface area contributed by atoms with Gasteiger partial charge in [0.1, 0.15) is 24.3 Å². The van der Waals surface area contributed by atoms with Gasteiger partial charge in [-0.05, 0) is 44.6 Å². The van der Waals surface area contributed by atoms with Crippen LogP contribution < -0.4 is 0 Å².